The number of alkyl halides is 3. The van der Waals surface area contributed by atoms with E-state index in [-0.39, 0.29) is 11.2 Å². The number of carbonyl (C=O) groups is 1. The van der Waals surface area contributed by atoms with E-state index in [0.29, 0.717) is 5.39 Å². The van der Waals surface area contributed by atoms with Gasteiger partial charge in [-0.05, 0) is 18.2 Å². The molecule has 1 heterocycles. The Balaban J connectivity index is 2.65. The number of methoxy groups -OCH3 is 1. The van der Waals surface area contributed by atoms with E-state index in [0.717, 1.165) is 12.1 Å². The van der Waals surface area contributed by atoms with Crippen LogP contribution in [0.1, 0.15) is 16.1 Å². The van der Waals surface area contributed by atoms with Crippen molar-refractivity contribution in [3.05, 3.63) is 29.5 Å². The van der Waals surface area contributed by atoms with Crippen molar-refractivity contribution in [2.75, 3.05) is 7.11 Å². The first kappa shape index (κ1) is 12.4. The Morgan fingerprint density at radius 1 is 1.39 bits per heavy atom. The molecule has 0 saturated heterocycles. The van der Waals surface area contributed by atoms with E-state index in [1.807, 2.05) is 0 Å². The van der Waals surface area contributed by atoms with Crippen LogP contribution in [0.5, 0.6) is 0 Å². The van der Waals surface area contributed by atoms with Crippen LogP contribution in [0, 0.1) is 0 Å². The van der Waals surface area contributed by atoms with Crippen molar-refractivity contribution in [1.29, 1.82) is 0 Å². The van der Waals surface area contributed by atoms with Crippen LogP contribution in [-0.2, 0) is 18.0 Å². The standard InChI is InChI=1S/C11H9F3N2O2/c1-16-9(10(17)18-2)7-4-3-6(11(12,13)14)5-8(7)15-16/h3-5H,1-2H3. The van der Waals surface area contributed by atoms with Gasteiger partial charge < -0.3 is 4.74 Å². The van der Waals surface area contributed by atoms with Gasteiger partial charge in [-0.25, -0.2) is 4.79 Å². The fraction of sp³-hybridized carbons (Fsp3) is 0.273. The minimum atomic E-state index is -4.43. The first-order valence-electron chi connectivity index (χ1n) is 4.97. The third-order valence-electron chi connectivity index (χ3n) is 2.54. The first-order chi connectivity index (χ1) is 8.34. The van der Waals surface area contributed by atoms with Crippen molar-refractivity contribution in [3.8, 4) is 0 Å². The van der Waals surface area contributed by atoms with Crippen molar-refractivity contribution in [3.63, 3.8) is 0 Å². The molecule has 96 valence electrons. The SMILES string of the molecule is COC(=O)c1c2ccc(C(F)(F)F)cc2nn1C. The van der Waals surface area contributed by atoms with Crippen LogP contribution in [-0.4, -0.2) is 22.9 Å². The predicted molar refractivity (Wildman–Crippen MR) is 57.1 cm³/mol. The fourth-order valence-corrected chi connectivity index (χ4v) is 1.72. The molecule has 1 aromatic carbocycles. The molecule has 0 unspecified atom stereocenters. The number of hydrogen-bond acceptors (Lipinski definition) is 3. The Morgan fingerprint density at radius 2 is 2.06 bits per heavy atom. The van der Waals surface area contributed by atoms with Gasteiger partial charge in [0, 0.05) is 12.4 Å². The Labute approximate surface area is 100.0 Å². The molecule has 0 aliphatic rings. The maximum Gasteiger partial charge on any atom is 0.416 e. The van der Waals surface area contributed by atoms with Gasteiger partial charge in [0.05, 0.1) is 18.2 Å². The molecule has 0 fully saturated rings. The molecule has 2 rings (SSSR count). The number of fused-ring (bicyclic) bond motifs is 1. The fourth-order valence-electron chi connectivity index (χ4n) is 1.72. The van der Waals surface area contributed by atoms with Crippen LogP contribution in [0.15, 0.2) is 18.2 Å². The number of carbonyl (C=O) groups excluding carboxylic acids is 1. The van der Waals surface area contributed by atoms with Crippen molar-refractivity contribution in [1.82, 2.24) is 9.78 Å². The lowest BCUT2D eigenvalue weighted by Crippen LogP contribution is -2.08. The molecule has 4 nitrogen and oxygen atoms in total. The second-order valence-corrected chi connectivity index (χ2v) is 3.69. The maximum absolute atomic E-state index is 12.5. The van der Waals surface area contributed by atoms with Gasteiger partial charge in [-0.3, -0.25) is 4.68 Å². The normalized spacial score (nSPS) is 11.8. The van der Waals surface area contributed by atoms with Gasteiger partial charge in [0.2, 0.25) is 0 Å². The smallest absolute Gasteiger partial charge is 0.416 e. The number of esters is 1. The molecular weight excluding hydrogens is 249 g/mol. The summed E-state index contributed by atoms with van der Waals surface area (Å²) >= 11 is 0. The van der Waals surface area contributed by atoms with E-state index in [1.165, 1.54) is 24.9 Å². The van der Waals surface area contributed by atoms with E-state index in [4.69, 9.17) is 0 Å². The molecular formula is C11H9F3N2O2. The van der Waals surface area contributed by atoms with Crippen LogP contribution in [0.25, 0.3) is 10.9 Å². The Morgan fingerprint density at radius 3 is 2.61 bits per heavy atom. The van der Waals surface area contributed by atoms with Gasteiger partial charge in [0.25, 0.3) is 0 Å². The highest BCUT2D eigenvalue weighted by Gasteiger charge is 2.31. The predicted octanol–water partition coefficient (Wildman–Crippen LogP) is 2.38. The largest absolute Gasteiger partial charge is 0.464 e. The number of benzene rings is 1. The van der Waals surface area contributed by atoms with Crippen molar-refractivity contribution in [2.24, 2.45) is 7.05 Å². The summed E-state index contributed by atoms with van der Waals surface area (Å²) in [6.07, 6.45) is -4.43. The van der Waals surface area contributed by atoms with E-state index in [9.17, 15) is 18.0 Å². The topological polar surface area (TPSA) is 44.1 Å². The third kappa shape index (κ3) is 1.92. The highest BCUT2D eigenvalue weighted by atomic mass is 19.4. The molecule has 7 heteroatoms. The summed E-state index contributed by atoms with van der Waals surface area (Å²) in [4.78, 5) is 11.5. The second-order valence-electron chi connectivity index (χ2n) is 3.69. The molecule has 0 spiro atoms. The number of rotatable bonds is 1. The highest BCUT2D eigenvalue weighted by molar-refractivity contribution is 6.02. The first-order valence-corrected chi connectivity index (χ1v) is 4.97. The molecule has 18 heavy (non-hydrogen) atoms. The molecule has 0 N–H and O–H groups in total. The Bertz CT molecular complexity index is 617. The zero-order chi connectivity index (χ0) is 13.5. The van der Waals surface area contributed by atoms with Crippen LogP contribution in [0.4, 0.5) is 13.2 Å². The zero-order valence-corrected chi connectivity index (χ0v) is 9.58. The van der Waals surface area contributed by atoms with Gasteiger partial charge in [-0.15, -0.1) is 0 Å². The summed E-state index contributed by atoms with van der Waals surface area (Å²) < 4.78 is 43.3. The minimum Gasteiger partial charge on any atom is -0.464 e. The average molecular weight is 258 g/mol. The van der Waals surface area contributed by atoms with Gasteiger partial charge in [0.15, 0.2) is 5.69 Å². The number of ether oxygens (including phenoxy) is 1. The Hall–Kier alpha value is -2.05. The lowest BCUT2D eigenvalue weighted by Gasteiger charge is -2.05. The van der Waals surface area contributed by atoms with Gasteiger partial charge in [-0.2, -0.15) is 18.3 Å². The van der Waals surface area contributed by atoms with Gasteiger partial charge in [0.1, 0.15) is 0 Å². The summed E-state index contributed by atoms with van der Waals surface area (Å²) in [5.74, 6) is -0.639. The van der Waals surface area contributed by atoms with Crippen molar-refractivity contribution >= 4 is 16.9 Å². The lowest BCUT2D eigenvalue weighted by molar-refractivity contribution is -0.137. The molecule has 1 aromatic heterocycles. The number of aromatic nitrogens is 2. The summed E-state index contributed by atoms with van der Waals surface area (Å²) in [7, 11) is 2.67. The van der Waals surface area contributed by atoms with Crippen LogP contribution < -0.4 is 0 Å². The summed E-state index contributed by atoms with van der Waals surface area (Å²) in [6.45, 7) is 0. The molecule has 0 radical (unpaired) electrons. The van der Waals surface area contributed by atoms with Crippen LogP contribution >= 0.6 is 0 Å². The molecule has 0 aliphatic carbocycles. The molecule has 0 atom stereocenters. The number of hydrogen-bond donors (Lipinski definition) is 0. The molecule has 0 amide bonds. The Kier molecular flexibility index (Phi) is 2.76. The molecule has 0 bridgehead atoms. The molecule has 0 aliphatic heterocycles. The number of aryl methyl sites for hydroxylation is 1. The monoisotopic (exact) mass is 258 g/mol. The van der Waals surface area contributed by atoms with Crippen molar-refractivity contribution in [2.45, 2.75) is 6.18 Å². The van der Waals surface area contributed by atoms with Gasteiger partial charge in [-0.1, -0.05) is 0 Å². The third-order valence-corrected chi connectivity index (χ3v) is 2.54. The minimum absolute atomic E-state index is 0.104. The maximum atomic E-state index is 12.5. The lowest BCUT2D eigenvalue weighted by atomic mass is 10.1. The molecule has 0 saturated carbocycles. The van der Waals surface area contributed by atoms with Gasteiger partial charge >= 0.3 is 12.1 Å². The van der Waals surface area contributed by atoms with E-state index >= 15 is 0 Å². The quantitative estimate of drug-likeness (QED) is 0.737. The van der Waals surface area contributed by atoms with E-state index in [1.54, 1.807) is 0 Å². The summed E-state index contributed by atoms with van der Waals surface area (Å²) in [5, 5.41) is 4.20. The summed E-state index contributed by atoms with van der Waals surface area (Å²) in [6, 6.07) is 3.04. The van der Waals surface area contributed by atoms with Crippen LogP contribution in [0.3, 0.4) is 0 Å². The van der Waals surface area contributed by atoms with Crippen molar-refractivity contribution < 1.29 is 22.7 Å². The number of nitrogens with zero attached hydrogens (tertiary/aromatic N) is 2. The van der Waals surface area contributed by atoms with Crippen LogP contribution in [0.2, 0.25) is 0 Å². The highest BCUT2D eigenvalue weighted by Crippen LogP contribution is 2.31. The average Bonchev–Trinajstić information content (AvgIpc) is 2.61. The van der Waals surface area contributed by atoms with E-state index in [2.05, 4.69) is 9.84 Å². The summed E-state index contributed by atoms with van der Waals surface area (Å²) in [5.41, 5.74) is -0.571. The number of halogens is 3. The van der Waals surface area contributed by atoms with E-state index < -0.39 is 17.7 Å². The zero-order valence-electron chi connectivity index (χ0n) is 9.58. The molecule has 2 aromatic rings. The second kappa shape index (κ2) is 4.01.